The first-order chi connectivity index (χ1) is 16.4. The first-order valence-electron chi connectivity index (χ1n) is 11.6. The average molecular weight is 457 g/mol. The van der Waals surface area contributed by atoms with Crippen LogP contribution in [0.4, 0.5) is 10.2 Å². The molecule has 0 unspecified atom stereocenters. The predicted octanol–water partition coefficient (Wildman–Crippen LogP) is 3.49. The molecule has 34 heavy (non-hydrogen) atoms. The van der Waals surface area contributed by atoms with Gasteiger partial charge in [-0.05, 0) is 49.2 Å². The number of terminal acetylenes is 1. The third-order valence-electron chi connectivity index (χ3n) is 7.78. The number of rotatable bonds is 1. The van der Waals surface area contributed by atoms with Gasteiger partial charge in [-0.2, -0.15) is 0 Å². The Morgan fingerprint density at radius 2 is 1.94 bits per heavy atom. The summed E-state index contributed by atoms with van der Waals surface area (Å²) in [6.45, 7) is 3.59. The summed E-state index contributed by atoms with van der Waals surface area (Å²) in [4.78, 5) is 28.4. The van der Waals surface area contributed by atoms with Crippen molar-refractivity contribution in [1.29, 1.82) is 0 Å². The minimum atomic E-state index is -0.614. The van der Waals surface area contributed by atoms with Crippen molar-refractivity contribution in [3.63, 3.8) is 0 Å². The third-order valence-corrected chi connectivity index (χ3v) is 7.78. The summed E-state index contributed by atoms with van der Waals surface area (Å²) in [5.74, 6) is 2.39. The number of anilines is 1. The Kier molecular flexibility index (Phi) is 4.37. The van der Waals surface area contributed by atoms with Crippen LogP contribution in [0.3, 0.4) is 0 Å². The highest BCUT2D eigenvalue weighted by Gasteiger charge is 2.42. The van der Waals surface area contributed by atoms with E-state index in [1.165, 1.54) is 6.33 Å². The number of aryl methyl sites for hydroxylation is 2. The second-order valence-electron chi connectivity index (χ2n) is 9.79. The van der Waals surface area contributed by atoms with E-state index >= 15 is 4.39 Å². The zero-order chi connectivity index (χ0) is 23.8. The third kappa shape index (κ3) is 2.64. The molecule has 2 N–H and O–H groups in total. The highest BCUT2D eigenvalue weighted by molar-refractivity contribution is 6.22. The lowest BCUT2D eigenvalue weighted by atomic mass is 9.70. The van der Waals surface area contributed by atoms with Crippen LogP contribution in [0.2, 0.25) is 0 Å². The number of carbonyl (C=O) groups excluding carboxylic acids is 1. The number of nitrogens with two attached hydrogens (primary N) is 1. The predicted molar refractivity (Wildman–Crippen MR) is 130 cm³/mol. The van der Waals surface area contributed by atoms with E-state index < -0.39 is 11.2 Å². The number of benzene rings is 1. The highest BCUT2D eigenvalue weighted by atomic mass is 19.1. The van der Waals surface area contributed by atoms with E-state index in [4.69, 9.17) is 12.2 Å². The SMILES string of the molecule is C#Cc1ncc2c(c1F)c1c(c3c4c(N)ncnc4n(C)c23)CC[C@@](C)(C(=O)N2CCCC2)C1. The number of nitrogens with zero attached hydrogens (tertiary/aromatic N) is 5. The van der Waals surface area contributed by atoms with E-state index in [9.17, 15) is 4.79 Å². The van der Waals surface area contributed by atoms with Crippen LogP contribution in [0.1, 0.15) is 43.0 Å². The number of amides is 1. The lowest BCUT2D eigenvalue weighted by molar-refractivity contribution is -0.140. The van der Waals surface area contributed by atoms with E-state index in [-0.39, 0.29) is 11.6 Å². The van der Waals surface area contributed by atoms with Crippen molar-refractivity contribution in [2.24, 2.45) is 12.5 Å². The van der Waals surface area contributed by atoms with E-state index in [0.29, 0.717) is 41.5 Å². The molecule has 1 aromatic carbocycles. The standard InChI is InChI=1S/C26H25FN6O/c1-4-17-21(27)18-15-11-26(2,25(34)33-9-5-6-10-33)8-7-14(15)19-20-23(28)30-13-31-24(20)32(3)22(19)16(18)12-29-17/h1,12-13H,5-11H2,2-3H3,(H2,28,30,31)/t26-/m1/s1. The summed E-state index contributed by atoms with van der Waals surface area (Å²) >= 11 is 0. The molecule has 4 aromatic rings. The summed E-state index contributed by atoms with van der Waals surface area (Å²) in [7, 11) is 1.89. The van der Waals surface area contributed by atoms with Gasteiger partial charge in [0.05, 0.1) is 16.3 Å². The Hall–Kier alpha value is -3.73. The summed E-state index contributed by atoms with van der Waals surface area (Å²) in [6.07, 6.45) is 12.4. The molecule has 6 rings (SSSR count). The molecule has 1 amide bonds. The first-order valence-corrected chi connectivity index (χ1v) is 11.6. The van der Waals surface area contributed by atoms with Crippen molar-refractivity contribution >= 4 is 44.4 Å². The second kappa shape index (κ2) is 7.13. The number of hydrogen-bond donors (Lipinski definition) is 1. The Balaban J connectivity index is 1.72. The Morgan fingerprint density at radius 1 is 1.18 bits per heavy atom. The number of nitrogen functional groups attached to an aromatic ring is 1. The fourth-order valence-electron chi connectivity index (χ4n) is 6.08. The zero-order valence-corrected chi connectivity index (χ0v) is 19.3. The van der Waals surface area contributed by atoms with Gasteiger partial charge in [0.2, 0.25) is 5.91 Å². The van der Waals surface area contributed by atoms with Gasteiger partial charge in [0.15, 0.2) is 5.82 Å². The largest absolute Gasteiger partial charge is 0.383 e. The molecule has 7 nitrogen and oxygen atoms in total. The van der Waals surface area contributed by atoms with Crippen LogP contribution in [0.5, 0.6) is 0 Å². The second-order valence-corrected chi connectivity index (χ2v) is 9.79. The van der Waals surface area contributed by atoms with Gasteiger partial charge in [0.25, 0.3) is 0 Å². The normalized spacial score (nSPS) is 20.2. The van der Waals surface area contributed by atoms with E-state index in [1.54, 1.807) is 6.20 Å². The number of aromatic nitrogens is 4. The number of pyridine rings is 1. The summed E-state index contributed by atoms with van der Waals surface area (Å²) in [6, 6.07) is 0. The molecule has 0 radical (unpaired) electrons. The monoisotopic (exact) mass is 456 g/mol. The minimum absolute atomic E-state index is 0.0229. The Labute approximate surface area is 196 Å². The van der Waals surface area contributed by atoms with Crippen molar-refractivity contribution in [3.05, 3.63) is 35.2 Å². The van der Waals surface area contributed by atoms with Crippen LogP contribution < -0.4 is 5.73 Å². The number of halogens is 1. The van der Waals surface area contributed by atoms with Gasteiger partial charge in [-0.25, -0.2) is 19.3 Å². The molecular weight excluding hydrogens is 431 g/mol. The van der Waals surface area contributed by atoms with Gasteiger partial charge in [-0.1, -0.05) is 6.92 Å². The number of carbonyl (C=O) groups is 1. The molecule has 1 saturated heterocycles. The smallest absolute Gasteiger partial charge is 0.228 e. The van der Waals surface area contributed by atoms with Crippen molar-refractivity contribution in [3.8, 4) is 12.3 Å². The van der Waals surface area contributed by atoms with Crippen molar-refractivity contribution in [1.82, 2.24) is 24.4 Å². The lowest BCUT2D eigenvalue weighted by Crippen LogP contribution is -2.44. The number of hydrogen-bond acceptors (Lipinski definition) is 5. The fraction of sp³-hybridized carbons (Fsp3) is 0.385. The molecule has 1 aliphatic carbocycles. The maximum atomic E-state index is 15.8. The molecule has 0 spiro atoms. The zero-order valence-electron chi connectivity index (χ0n) is 19.3. The van der Waals surface area contributed by atoms with E-state index in [0.717, 1.165) is 53.3 Å². The van der Waals surface area contributed by atoms with Crippen LogP contribution >= 0.6 is 0 Å². The van der Waals surface area contributed by atoms with Crippen LogP contribution in [-0.2, 0) is 24.7 Å². The Bertz CT molecular complexity index is 1580. The molecule has 1 fully saturated rings. The van der Waals surface area contributed by atoms with E-state index in [1.807, 2.05) is 23.4 Å². The molecule has 2 aliphatic rings. The first kappa shape index (κ1) is 20.8. The quantitative estimate of drug-likeness (QED) is 0.443. The molecule has 1 aliphatic heterocycles. The minimum Gasteiger partial charge on any atom is -0.383 e. The molecular formula is C26H25FN6O. The summed E-state index contributed by atoms with van der Waals surface area (Å²) in [5, 5.41) is 2.77. The van der Waals surface area contributed by atoms with Gasteiger partial charge in [-0.3, -0.25) is 4.79 Å². The average Bonchev–Trinajstić information content (AvgIpc) is 3.46. The van der Waals surface area contributed by atoms with Crippen molar-refractivity contribution in [2.45, 2.75) is 39.0 Å². The molecule has 0 bridgehead atoms. The van der Waals surface area contributed by atoms with Crippen molar-refractivity contribution in [2.75, 3.05) is 18.8 Å². The molecule has 0 saturated carbocycles. The Morgan fingerprint density at radius 3 is 2.68 bits per heavy atom. The van der Waals surface area contributed by atoms with Crippen LogP contribution in [0.25, 0.3) is 32.7 Å². The van der Waals surface area contributed by atoms with Gasteiger partial charge < -0.3 is 15.2 Å². The molecule has 3 aromatic heterocycles. The summed E-state index contributed by atoms with van der Waals surface area (Å²) in [5.41, 5.74) is 8.99. The maximum Gasteiger partial charge on any atom is 0.228 e. The summed E-state index contributed by atoms with van der Waals surface area (Å²) < 4.78 is 17.8. The number of likely N-dealkylation sites (tertiary alicyclic amines) is 1. The van der Waals surface area contributed by atoms with Crippen LogP contribution in [-0.4, -0.2) is 43.4 Å². The van der Waals surface area contributed by atoms with Gasteiger partial charge in [0, 0.05) is 42.5 Å². The topological polar surface area (TPSA) is 89.9 Å². The fourth-order valence-corrected chi connectivity index (χ4v) is 6.08. The van der Waals surface area contributed by atoms with Crippen LogP contribution in [0.15, 0.2) is 12.5 Å². The molecule has 4 heterocycles. The van der Waals surface area contributed by atoms with Crippen LogP contribution in [0, 0.1) is 23.6 Å². The molecule has 172 valence electrons. The van der Waals surface area contributed by atoms with Gasteiger partial charge >= 0.3 is 0 Å². The lowest BCUT2D eigenvalue weighted by Gasteiger charge is -2.37. The number of fused-ring (bicyclic) bond motifs is 8. The maximum absolute atomic E-state index is 15.8. The van der Waals surface area contributed by atoms with E-state index in [2.05, 4.69) is 20.9 Å². The molecule has 8 heteroatoms. The van der Waals surface area contributed by atoms with Gasteiger partial charge in [0.1, 0.15) is 23.5 Å². The highest BCUT2D eigenvalue weighted by Crippen LogP contribution is 2.47. The van der Waals surface area contributed by atoms with Gasteiger partial charge in [-0.15, -0.1) is 6.42 Å². The molecule has 1 atom stereocenters. The van der Waals surface area contributed by atoms with Crippen molar-refractivity contribution < 1.29 is 9.18 Å².